The number of aliphatic hydroxyl groups is 1. The molecular weight excluding hydrogens is 280 g/mol. The number of thioether (sulfide) groups is 1. The fraction of sp³-hybridized carbons (Fsp3) is 0.647. The van der Waals surface area contributed by atoms with E-state index in [0.29, 0.717) is 12.1 Å². The van der Waals surface area contributed by atoms with E-state index in [9.17, 15) is 5.11 Å². The monoisotopic (exact) mass is 308 g/mol. The van der Waals surface area contributed by atoms with Gasteiger partial charge in [0.1, 0.15) is 0 Å². The van der Waals surface area contributed by atoms with Crippen molar-refractivity contribution in [1.29, 1.82) is 0 Å². The number of hydrogen-bond acceptors (Lipinski definition) is 4. The van der Waals surface area contributed by atoms with Crippen molar-refractivity contribution in [2.45, 2.75) is 44.9 Å². The summed E-state index contributed by atoms with van der Waals surface area (Å²) in [5.74, 6) is 1.14. The van der Waals surface area contributed by atoms with Crippen LogP contribution in [0.3, 0.4) is 0 Å². The molecule has 2 N–H and O–H groups in total. The maximum Gasteiger partial charge on any atom is 0.0574 e. The van der Waals surface area contributed by atoms with Crippen LogP contribution in [0, 0.1) is 0 Å². The molecule has 1 saturated heterocycles. The van der Waals surface area contributed by atoms with Gasteiger partial charge in [-0.15, -0.1) is 0 Å². The van der Waals surface area contributed by atoms with Crippen molar-refractivity contribution in [2.24, 2.45) is 0 Å². The quantitative estimate of drug-likeness (QED) is 0.847. The minimum Gasteiger partial charge on any atom is -0.393 e. The lowest BCUT2D eigenvalue weighted by molar-refractivity contribution is 0.145. The van der Waals surface area contributed by atoms with Crippen molar-refractivity contribution in [3.05, 3.63) is 29.8 Å². The molecule has 0 bridgehead atoms. The highest BCUT2D eigenvalue weighted by Crippen LogP contribution is 2.23. The van der Waals surface area contributed by atoms with Crippen molar-refractivity contribution in [2.75, 3.05) is 30.0 Å². The number of nitrogens with one attached hydrogen (secondary N) is 1. The molecule has 0 radical (unpaired) electrons. The summed E-state index contributed by atoms with van der Waals surface area (Å²) in [6.45, 7) is 6.38. The molecular formula is C17H28N2OS. The molecule has 0 saturated carbocycles. The molecule has 1 heterocycles. The molecule has 2 rings (SSSR count). The number of benzene rings is 1. The van der Waals surface area contributed by atoms with Gasteiger partial charge in [0.05, 0.1) is 6.10 Å². The van der Waals surface area contributed by atoms with E-state index in [1.165, 1.54) is 11.3 Å². The van der Waals surface area contributed by atoms with Gasteiger partial charge >= 0.3 is 0 Å². The molecule has 1 aromatic carbocycles. The second kappa shape index (κ2) is 8.06. The summed E-state index contributed by atoms with van der Waals surface area (Å²) in [5.41, 5.74) is 2.61. The van der Waals surface area contributed by atoms with Crippen molar-refractivity contribution in [1.82, 2.24) is 5.32 Å². The Morgan fingerprint density at radius 3 is 2.43 bits per heavy atom. The third-order valence-electron chi connectivity index (χ3n) is 4.17. The number of hydrogen-bond donors (Lipinski definition) is 2. The number of nitrogens with zero attached hydrogens (tertiary/aromatic N) is 1. The first-order valence-electron chi connectivity index (χ1n) is 7.88. The summed E-state index contributed by atoms with van der Waals surface area (Å²) >= 11 is 1.88. The lowest BCUT2D eigenvalue weighted by Crippen LogP contribution is -2.35. The van der Waals surface area contributed by atoms with E-state index in [0.717, 1.165) is 31.7 Å². The first-order valence-corrected chi connectivity index (χ1v) is 9.27. The van der Waals surface area contributed by atoms with E-state index < -0.39 is 0 Å². The third-order valence-corrected chi connectivity index (χ3v) is 5.01. The van der Waals surface area contributed by atoms with Crippen LogP contribution >= 0.6 is 11.8 Å². The fourth-order valence-corrected chi connectivity index (χ4v) is 3.52. The summed E-state index contributed by atoms with van der Waals surface area (Å²) in [4.78, 5) is 2.37. The van der Waals surface area contributed by atoms with Gasteiger partial charge in [-0.3, -0.25) is 0 Å². The highest BCUT2D eigenvalue weighted by atomic mass is 32.2. The standard InChI is InChI=1S/C17H28N2OS/c1-13(12-21-3)18-14(2)15-4-6-16(7-5-15)19-10-8-17(20)9-11-19/h4-7,13-14,17-18,20H,8-12H2,1-3H3. The molecule has 3 nitrogen and oxygen atoms in total. The Labute approximate surface area is 133 Å². The molecule has 1 aromatic rings. The van der Waals surface area contributed by atoms with Crippen molar-refractivity contribution in [3.8, 4) is 0 Å². The van der Waals surface area contributed by atoms with Crippen LogP contribution in [-0.2, 0) is 0 Å². The summed E-state index contributed by atoms with van der Waals surface area (Å²) in [6, 6.07) is 9.78. The molecule has 0 aromatic heterocycles. The Hall–Kier alpha value is -0.710. The van der Waals surface area contributed by atoms with Gasteiger partial charge in [0, 0.05) is 36.6 Å². The zero-order valence-corrected chi connectivity index (χ0v) is 14.2. The first kappa shape index (κ1) is 16.7. The number of aliphatic hydroxyl groups excluding tert-OH is 1. The topological polar surface area (TPSA) is 35.5 Å². The van der Waals surface area contributed by atoms with E-state index in [2.05, 4.69) is 54.6 Å². The maximum atomic E-state index is 9.58. The highest BCUT2D eigenvalue weighted by molar-refractivity contribution is 7.98. The van der Waals surface area contributed by atoms with Crippen LogP contribution in [0.15, 0.2) is 24.3 Å². The predicted molar refractivity (Wildman–Crippen MR) is 93.3 cm³/mol. The summed E-state index contributed by atoms with van der Waals surface area (Å²) in [6.07, 6.45) is 3.80. The molecule has 4 heteroatoms. The van der Waals surface area contributed by atoms with Crippen LogP contribution in [0.25, 0.3) is 0 Å². The van der Waals surface area contributed by atoms with E-state index in [-0.39, 0.29) is 6.10 Å². The minimum atomic E-state index is -0.109. The van der Waals surface area contributed by atoms with Crippen LogP contribution in [0.1, 0.15) is 38.3 Å². The first-order chi connectivity index (χ1) is 10.1. The smallest absolute Gasteiger partial charge is 0.0574 e. The molecule has 118 valence electrons. The van der Waals surface area contributed by atoms with Crippen molar-refractivity contribution < 1.29 is 5.11 Å². The second-order valence-corrected chi connectivity index (χ2v) is 6.97. The van der Waals surface area contributed by atoms with Crippen LogP contribution in [-0.4, -0.2) is 42.4 Å². The third kappa shape index (κ3) is 4.90. The minimum absolute atomic E-state index is 0.109. The molecule has 0 amide bonds. The van der Waals surface area contributed by atoms with Crippen molar-refractivity contribution in [3.63, 3.8) is 0 Å². The predicted octanol–water partition coefficient (Wildman–Crippen LogP) is 3.05. The Morgan fingerprint density at radius 2 is 1.86 bits per heavy atom. The van der Waals surface area contributed by atoms with Crippen LogP contribution < -0.4 is 10.2 Å². The van der Waals surface area contributed by atoms with E-state index in [1.807, 2.05) is 11.8 Å². The fourth-order valence-electron chi connectivity index (χ4n) is 2.92. The van der Waals surface area contributed by atoms with Gasteiger partial charge in [0.2, 0.25) is 0 Å². The number of piperidine rings is 1. The molecule has 0 aliphatic carbocycles. The zero-order valence-electron chi connectivity index (χ0n) is 13.4. The molecule has 21 heavy (non-hydrogen) atoms. The SMILES string of the molecule is CSCC(C)NC(C)c1ccc(N2CCC(O)CC2)cc1. The Bertz CT molecular complexity index is 415. The van der Waals surface area contributed by atoms with Crippen LogP contribution in [0.4, 0.5) is 5.69 Å². The lowest BCUT2D eigenvalue weighted by Gasteiger charge is -2.31. The van der Waals surface area contributed by atoms with Gasteiger partial charge < -0.3 is 15.3 Å². The summed E-state index contributed by atoms with van der Waals surface area (Å²) in [7, 11) is 0. The van der Waals surface area contributed by atoms with Crippen molar-refractivity contribution >= 4 is 17.4 Å². The number of anilines is 1. The molecule has 2 unspecified atom stereocenters. The van der Waals surface area contributed by atoms with Gasteiger partial charge in [-0.1, -0.05) is 12.1 Å². The van der Waals surface area contributed by atoms with E-state index in [4.69, 9.17) is 0 Å². The summed E-state index contributed by atoms with van der Waals surface area (Å²) in [5, 5.41) is 13.2. The molecule has 2 atom stereocenters. The van der Waals surface area contributed by atoms with Gasteiger partial charge in [-0.05, 0) is 50.6 Å². The average molecular weight is 308 g/mol. The van der Waals surface area contributed by atoms with Gasteiger partial charge in [-0.2, -0.15) is 11.8 Å². The van der Waals surface area contributed by atoms with E-state index in [1.54, 1.807) is 0 Å². The normalized spacial score (nSPS) is 19.5. The van der Waals surface area contributed by atoms with Gasteiger partial charge in [0.15, 0.2) is 0 Å². The molecule has 1 aliphatic rings. The lowest BCUT2D eigenvalue weighted by atomic mass is 10.0. The average Bonchev–Trinajstić information content (AvgIpc) is 2.48. The largest absolute Gasteiger partial charge is 0.393 e. The molecule has 0 spiro atoms. The molecule has 1 fully saturated rings. The van der Waals surface area contributed by atoms with Gasteiger partial charge in [0.25, 0.3) is 0 Å². The second-order valence-electron chi connectivity index (χ2n) is 6.05. The Kier molecular flexibility index (Phi) is 6.40. The van der Waals surface area contributed by atoms with Gasteiger partial charge in [-0.25, -0.2) is 0 Å². The Morgan fingerprint density at radius 1 is 1.24 bits per heavy atom. The highest BCUT2D eigenvalue weighted by Gasteiger charge is 2.17. The zero-order chi connectivity index (χ0) is 15.2. The van der Waals surface area contributed by atoms with E-state index >= 15 is 0 Å². The maximum absolute atomic E-state index is 9.58. The van der Waals surface area contributed by atoms with Crippen LogP contribution in [0.2, 0.25) is 0 Å². The number of rotatable bonds is 6. The van der Waals surface area contributed by atoms with Crippen LogP contribution in [0.5, 0.6) is 0 Å². The summed E-state index contributed by atoms with van der Waals surface area (Å²) < 4.78 is 0. The molecule has 1 aliphatic heterocycles. The Balaban J connectivity index is 1.92.